The van der Waals surface area contributed by atoms with Crippen LogP contribution in [0.1, 0.15) is 80.4 Å². The van der Waals surface area contributed by atoms with Gasteiger partial charge in [-0.3, -0.25) is 0 Å². The molecule has 3 nitrogen and oxygen atoms in total. The van der Waals surface area contributed by atoms with E-state index < -0.39 is 11.8 Å². The third-order valence-electron chi connectivity index (χ3n) is 4.89. The minimum Gasteiger partial charge on any atom is -0.476 e. The highest BCUT2D eigenvalue weighted by molar-refractivity contribution is 5.87. The number of unbranched alkanes of at least 4 members (excludes halogenated alkanes) is 6. The van der Waals surface area contributed by atoms with Crippen molar-refractivity contribution in [2.75, 3.05) is 0 Å². The second kappa shape index (κ2) is 10.1. The summed E-state index contributed by atoms with van der Waals surface area (Å²) in [6, 6.07) is 7.50. The van der Waals surface area contributed by atoms with Crippen LogP contribution < -0.4 is 0 Å². The summed E-state index contributed by atoms with van der Waals surface area (Å²) in [5, 5.41) is 9.01. The summed E-state index contributed by atoms with van der Waals surface area (Å²) in [7, 11) is 0. The Morgan fingerprint density at radius 1 is 1.04 bits per heavy atom. The van der Waals surface area contributed by atoms with Crippen LogP contribution in [0, 0.1) is 5.82 Å². The molecule has 2 N–H and O–H groups in total. The molecule has 142 valence electrons. The summed E-state index contributed by atoms with van der Waals surface area (Å²) in [6.07, 6.45) is 10.9. The summed E-state index contributed by atoms with van der Waals surface area (Å²) in [4.78, 5) is 13.7. The molecule has 2 aromatic rings. The number of hydrogen-bond acceptors (Lipinski definition) is 1. The Labute approximate surface area is 155 Å². The second-order valence-electron chi connectivity index (χ2n) is 6.93. The summed E-state index contributed by atoms with van der Waals surface area (Å²) < 4.78 is 13.8. The SMILES string of the molecule is CCCCCCCCCc1ccc(-c2cc(F)c(C(=O)O)[nH]2)c(CC)c1. The van der Waals surface area contributed by atoms with Crippen molar-refractivity contribution in [3.63, 3.8) is 0 Å². The van der Waals surface area contributed by atoms with Crippen molar-refractivity contribution in [3.05, 3.63) is 46.9 Å². The van der Waals surface area contributed by atoms with E-state index in [1.165, 1.54) is 56.6 Å². The lowest BCUT2D eigenvalue weighted by Gasteiger charge is -2.10. The maximum Gasteiger partial charge on any atom is 0.355 e. The van der Waals surface area contributed by atoms with Crippen molar-refractivity contribution in [1.82, 2.24) is 4.98 Å². The van der Waals surface area contributed by atoms with Gasteiger partial charge in [-0.25, -0.2) is 9.18 Å². The van der Waals surface area contributed by atoms with E-state index in [0.717, 1.165) is 24.0 Å². The van der Waals surface area contributed by atoms with E-state index in [1.54, 1.807) is 0 Å². The molecular weight excluding hydrogens is 329 g/mol. The Morgan fingerprint density at radius 2 is 1.73 bits per heavy atom. The minimum absolute atomic E-state index is 0.380. The molecule has 2 rings (SSSR count). The largest absolute Gasteiger partial charge is 0.476 e. The summed E-state index contributed by atoms with van der Waals surface area (Å²) in [5.41, 5.74) is 3.43. The van der Waals surface area contributed by atoms with Gasteiger partial charge in [-0.05, 0) is 30.4 Å². The lowest BCUT2D eigenvalue weighted by Crippen LogP contribution is -1.99. The van der Waals surface area contributed by atoms with Crippen LogP contribution in [0.2, 0.25) is 0 Å². The highest BCUT2D eigenvalue weighted by Gasteiger charge is 2.16. The number of benzene rings is 1. The van der Waals surface area contributed by atoms with Crippen molar-refractivity contribution in [3.8, 4) is 11.3 Å². The fraction of sp³-hybridized carbons (Fsp3) is 0.500. The molecule has 0 fully saturated rings. The number of carboxylic acid groups (broad SMARTS) is 1. The van der Waals surface area contributed by atoms with Gasteiger partial charge in [0.05, 0.1) is 0 Å². The molecule has 0 aliphatic heterocycles. The van der Waals surface area contributed by atoms with E-state index in [9.17, 15) is 9.18 Å². The van der Waals surface area contributed by atoms with Crippen LogP contribution in [-0.4, -0.2) is 16.1 Å². The zero-order valence-corrected chi connectivity index (χ0v) is 15.9. The number of hydrogen-bond donors (Lipinski definition) is 2. The Kier molecular flexibility index (Phi) is 7.89. The summed E-state index contributed by atoms with van der Waals surface area (Å²) >= 11 is 0. The van der Waals surface area contributed by atoms with E-state index >= 15 is 0 Å². The topological polar surface area (TPSA) is 53.1 Å². The number of rotatable bonds is 11. The minimum atomic E-state index is -1.28. The van der Waals surface area contributed by atoms with Crippen LogP contribution in [0.15, 0.2) is 24.3 Å². The van der Waals surface area contributed by atoms with E-state index in [-0.39, 0.29) is 5.69 Å². The molecule has 0 unspecified atom stereocenters. The molecule has 4 heteroatoms. The Hall–Kier alpha value is -2.10. The molecule has 0 spiro atoms. The summed E-state index contributed by atoms with van der Waals surface area (Å²) in [6.45, 7) is 4.30. The average molecular weight is 359 g/mol. The number of carboxylic acids is 1. The van der Waals surface area contributed by atoms with Gasteiger partial charge < -0.3 is 10.1 Å². The normalized spacial score (nSPS) is 11.0. The predicted octanol–water partition coefficient (Wildman–Crippen LogP) is 6.37. The van der Waals surface area contributed by atoms with E-state index in [2.05, 4.69) is 31.0 Å². The molecule has 0 aliphatic carbocycles. The zero-order chi connectivity index (χ0) is 18.9. The van der Waals surface area contributed by atoms with Crippen LogP contribution in [0.5, 0.6) is 0 Å². The van der Waals surface area contributed by atoms with Gasteiger partial charge in [-0.1, -0.05) is 70.6 Å². The summed E-state index contributed by atoms with van der Waals surface area (Å²) in [5.74, 6) is -2.00. The lowest BCUT2D eigenvalue weighted by molar-refractivity contribution is 0.0686. The van der Waals surface area contributed by atoms with Gasteiger partial charge in [0, 0.05) is 17.3 Å². The van der Waals surface area contributed by atoms with Crippen molar-refractivity contribution in [2.45, 2.75) is 71.6 Å². The quantitative estimate of drug-likeness (QED) is 0.458. The van der Waals surface area contributed by atoms with Crippen LogP contribution in [0.4, 0.5) is 4.39 Å². The highest BCUT2D eigenvalue weighted by Crippen LogP contribution is 2.27. The maximum atomic E-state index is 13.8. The monoisotopic (exact) mass is 359 g/mol. The third-order valence-corrected chi connectivity index (χ3v) is 4.89. The molecular formula is C22H30FNO2. The van der Waals surface area contributed by atoms with Crippen molar-refractivity contribution >= 4 is 5.97 Å². The van der Waals surface area contributed by atoms with E-state index in [1.807, 2.05) is 6.07 Å². The average Bonchev–Trinajstić information content (AvgIpc) is 3.02. The first-order valence-electron chi connectivity index (χ1n) is 9.80. The zero-order valence-electron chi connectivity index (χ0n) is 15.9. The Bertz CT molecular complexity index is 721. The van der Waals surface area contributed by atoms with E-state index in [4.69, 9.17) is 5.11 Å². The molecule has 26 heavy (non-hydrogen) atoms. The number of aromatic carboxylic acids is 1. The first kappa shape index (κ1) is 20.2. The van der Waals surface area contributed by atoms with E-state index in [0.29, 0.717) is 5.69 Å². The Balaban J connectivity index is 1.99. The fourth-order valence-corrected chi connectivity index (χ4v) is 3.37. The van der Waals surface area contributed by atoms with Gasteiger partial charge in [0.25, 0.3) is 0 Å². The molecule has 0 saturated carbocycles. The van der Waals surface area contributed by atoms with Crippen LogP contribution >= 0.6 is 0 Å². The molecule has 0 saturated heterocycles. The van der Waals surface area contributed by atoms with Gasteiger partial charge in [-0.2, -0.15) is 0 Å². The molecule has 1 heterocycles. The number of nitrogens with one attached hydrogen (secondary N) is 1. The fourth-order valence-electron chi connectivity index (χ4n) is 3.37. The Morgan fingerprint density at radius 3 is 2.35 bits per heavy atom. The van der Waals surface area contributed by atoms with Crippen molar-refractivity contribution in [2.24, 2.45) is 0 Å². The maximum absolute atomic E-state index is 13.8. The molecule has 0 aliphatic rings. The van der Waals surface area contributed by atoms with Crippen molar-refractivity contribution < 1.29 is 14.3 Å². The molecule has 0 atom stereocenters. The third kappa shape index (κ3) is 5.45. The first-order valence-corrected chi connectivity index (χ1v) is 9.80. The molecule has 1 aromatic carbocycles. The smallest absolute Gasteiger partial charge is 0.355 e. The molecule has 0 amide bonds. The highest BCUT2D eigenvalue weighted by atomic mass is 19.1. The van der Waals surface area contributed by atoms with Gasteiger partial charge in [-0.15, -0.1) is 0 Å². The van der Waals surface area contributed by atoms with Crippen LogP contribution in [0.25, 0.3) is 11.3 Å². The molecule has 0 bridgehead atoms. The standard InChI is InChI=1S/C22H30FNO2/c1-3-5-6-7-8-9-10-11-16-12-13-18(17(4-2)14-16)20-15-19(23)21(24-20)22(25)26/h12-15,24H,3-11H2,1-2H3,(H,25,26). The van der Waals surface area contributed by atoms with Crippen LogP contribution in [0.3, 0.4) is 0 Å². The second-order valence-corrected chi connectivity index (χ2v) is 6.93. The first-order chi connectivity index (χ1) is 12.6. The number of aromatic nitrogens is 1. The van der Waals surface area contributed by atoms with Gasteiger partial charge in [0.2, 0.25) is 0 Å². The lowest BCUT2D eigenvalue weighted by atomic mass is 9.97. The van der Waals surface area contributed by atoms with Crippen LogP contribution in [-0.2, 0) is 12.8 Å². The number of carbonyl (C=O) groups is 1. The molecule has 0 radical (unpaired) electrons. The number of aryl methyl sites for hydroxylation is 2. The number of H-pyrrole nitrogens is 1. The molecule has 1 aromatic heterocycles. The van der Waals surface area contributed by atoms with Gasteiger partial charge in [0.1, 0.15) is 0 Å². The van der Waals surface area contributed by atoms with Gasteiger partial charge in [0.15, 0.2) is 11.5 Å². The van der Waals surface area contributed by atoms with Crippen molar-refractivity contribution in [1.29, 1.82) is 0 Å². The number of halogens is 1. The number of aromatic amines is 1. The predicted molar refractivity (Wildman–Crippen MR) is 104 cm³/mol. The van der Waals surface area contributed by atoms with Gasteiger partial charge >= 0.3 is 5.97 Å².